The third kappa shape index (κ3) is 2.96. The topological polar surface area (TPSA) is 115 Å². The third-order valence-corrected chi connectivity index (χ3v) is 3.81. The van der Waals surface area contributed by atoms with Crippen LogP contribution in [0.4, 0.5) is 0 Å². The summed E-state index contributed by atoms with van der Waals surface area (Å²) in [6.45, 7) is 3.37. The van der Waals surface area contributed by atoms with Gasteiger partial charge < -0.3 is 20.4 Å². The Morgan fingerprint density at radius 3 is 1.43 bits per heavy atom. The van der Waals surface area contributed by atoms with Crippen LogP contribution < -0.4 is 0 Å². The molecule has 0 heterocycles. The molecule has 0 saturated carbocycles. The Hall–Kier alpha value is -3.02. The van der Waals surface area contributed by atoms with Gasteiger partial charge in [-0.15, -0.1) is 0 Å². The summed E-state index contributed by atoms with van der Waals surface area (Å²) >= 11 is 0. The number of aromatic hydroxyl groups is 2. The van der Waals surface area contributed by atoms with Crippen LogP contribution in [0.2, 0.25) is 0 Å². The number of phenolic OH excluding ortho intramolecular Hbond substituents is 2. The fourth-order valence-electron chi connectivity index (χ4n) is 2.65. The van der Waals surface area contributed by atoms with Gasteiger partial charge in [-0.1, -0.05) is 26.0 Å². The fraction of sp³-hybridized carbons (Fsp3) is 0.176. The van der Waals surface area contributed by atoms with Gasteiger partial charge in [-0.2, -0.15) is 0 Å². The average molecular weight is 316 g/mol. The lowest BCUT2D eigenvalue weighted by atomic mass is 9.74. The Bertz CT molecular complexity index is 726. The minimum atomic E-state index is -1.22. The largest absolute Gasteiger partial charge is 0.508 e. The third-order valence-electron chi connectivity index (χ3n) is 3.81. The molecule has 120 valence electrons. The molecule has 0 atom stereocenters. The highest BCUT2D eigenvalue weighted by molar-refractivity contribution is 5.93. The summed E-state index contributed by atoms with van der Waals surface area (Å²) in [6, 6.07) is 7.86. The lowest BCUT2D eigenvalue weighted by Crippen LogP contribution is -2.25. The summed E-state index contributed by atoms with van der Waals surface area (Å²) in [5.74, 6) is -2.82. The van der Waals surface area contributed by atoms with Gasteiger partial charge in [-0.3, -0.25) is 0 Å². The van der Waals surface area contributed by atoms with Crippen LogP contribution in [0.1, 0.15) is 45.7 Å². The van der Waals surface area contributed by atoms with Crippen molar-refractivity contribution in [2.24, 2.45) is 0 Å². The Balaban J connectivity index is 2.73. The molecular weight excluding hydrogens is 300 g/mol. The molecule has 23 heavy (non-hydrogen) atoms. The van der Waals surface area contributed by atoms with E-state index >= 15 is 0 Å². The first-order chi connectivity index (χ1) is 10.6. The van der Waals surface area contributed by atoms with Gasteiger partial charge in [0.05, 0.1) is 11.1 Å². The SMILES string of the molecule is CC(C)(c1ccc(O)cc1C(=O)O)c1ccc(O)cc1C(=O)O. The maximum atomic E-state index is 11.5. The quantitative estimate of drug-likeness (QED) is 0.689. The second-order valence-electron chi connectivity index (χ2n) is 5.70. The van der Waals surface area contributed by atoms with Crippen molar-refractivity contribution >= 4 is 11.9 Å². The minimum Gasteiger partial charge on any atom is -0.508 e. The van der Waals surface area contributed by atoms with Crippen LogP contribution >= 0.6 is 0 Å². The monoisotopic (exact) mass is 316 g/mol. The zero-order valence-electron chi connectivity index (χ0n) is 12.6. The molecule has 0 amide bonds. The van der Waals surface area contributed by atoms with Crippen LogP contribution in [0.5, 0.6) is 11.5 Å². The second-order valence-corrected chi connectivity index (χ2v) is 5.70. The van der Waals surface area contributed by atoms with E-state index in [4.69, 9.17) is 0 Å². The van der Waals surface area contributed by atoms with E-state index in [0.29, 0.717) is 11.1 Å². The number of hydrogen-bond acceptors (Lipinski definition) is 4. The molecule has 2 aromatic rings. The van der Waals surface area contributed by atoms with E-state index in [2.05, 4.69) is 0 Å². The Morgan fingerprint density at radius 1 is 0.783 bits per heavy atom. The van der Waals surface area contributed by atoms with Gasteiger partial charge in [0, 0.05) is 5.41 Å². The van der Waals surface area contributed by atoms with Crippen LogP contribution in [0, 0.1) is 0 Å². The lowest BCUT2D eigenvalue weighted by Gasteiger charge is -2.29. The number of carboxylic acids is 2. The zero-order valence-corrected chi connectivity index (χ0v) is 12.6. The van der Waals surface area contributed by atoms with E-state index in [0.717, 1.165) is 12.1 Å². The molecule has 0 aliphatic heterocycles. The molecule has 4 N–H and O–H groups in total. The van der Waals surface area contributed by atoms with Crippen molar-refractivity contribution in [1.82, 2.24) is 0 Å². The highest BCUT2D eigenvalue weighted by Crippen LogP contribution is 2.37. The van der Waals surface area contributed by atoms with Gasteiger partial charge in [0.1, 0.15) is 11.5 Å². The van der Waals surface area contributed by atoms with E-state index in [1.165, 1.54) is 24.3 Å². The molecule has 2 aromatic carbocycles. The maximum Gasteiger partial charge on any atom is 0.336 e. The second kappa shape index (κ2) is 5.64. The number of hydrogen-bond donors (Lipinski definition) is 4. The van der Waals surface area contributed by atoms with E-state index < -0.39 is 17.4 Å². The molecule has 0 radical (unpaired) electrons. The highest BCUT2D eigenvalue weighted by Gasteiger charge is 2.32. The van der Waals surface area contributed by atoms with Gasteiger partial charge >= 0.3 is 11.9 Å². The Morgan fingerprint density at radius 2 is 1.13 bits per heavy atom. The molecular formula is C17H16O6. The van der Waals surface area contributed by atoms with Gasteiger partial charge in [0.15, 0.2) is 0 Å². The summed E-state index contributed by atoms with van der Waals surface area (Å²) in [7, 11) is 0. The summed E-state index contributed by atoms with van der Waals surface area (Å²) < 4.78 is 0. The highest BCUT2D eigenvalue weighted by atomic mass is 16.4. The molecule has 6 nitrogen and oxygen atoms in total. The molecule has 0 bridgehead atoms. The van der Waals surface area contributed by atoms with Crippen molar-refractivity contribution < 1.29 is 30.0 Å². The molecule has 0 aliphatic carbocycles. The summed E-state index contributed by atoms with van der Waals surface area (Å²) in [6.07, 6.45) is 0. The first kappa shape index (κ1) is 16.4. The molecule has 6 heteroatoms. The normalized spacial score (nSPS) is 11.2. The number of rotatable bonds is 4. The van der Waals surface area contributed by atoms with Crippen molar-refractivity contribution in [3.8, 4) is 11.5 Å². The first-order valence-corrected chi connectivity index (χ1v) is 6.78. The van der Waals surface area contributed by atoms with E-state index in [1.807, 2.05) is 0 Å². The van der Waals surface area contributed by atoms with Crippen LogP contribution in [-0.2, 0) is 5.41 Å². The number of aromatic carboxylic acids is 2. The predicted molar refractivity (Wildman–Crippen MR) is 82.3 cm³/mol. The molecule has 2 rings (SSSR count). The van der Waals surface area contributed by atoms with Gasteiger partial charge in [-0.05, 0) is 35.4 Å². The van der Waals surface area contributed by atoms with Gasteiger partial charge in [-0.25, -0.2) is 9.59 Å². The standard InChI is InChI=1S/C17H16O6/c1-17(2,13-5-3-9(18)7-11(13)15(20)21)14-6-4-10(19)8-12(14)16(22)23/h3-8,18-19H,1-2H3,(H,20,21)(H,22,23). The van der Waals surface area contributed by atoms with Crippen molar-refractivity contribution in [3.63, 3.8) is 0 Å². The summed E-state index contributed by atoms with van der Waals surface area (Å²) in [5.41, 5.74) is -0.478. The Kier molecular flexibility index (Phi) is 4.01. The van der Waals surface area contributed by atoms with Crippen LogP contribution in [0.25, 0.3) is 0 Å². The zero-order chi connectivity index (χ0) is 17.4. The molecule has 0 saturated heterocycles. The first-order valence-electron chi connectivity index (χ1n) is 6.78. The predicted octanol–water partition coefficient (Wildman–Crippen LogP) is 2.82. The van der Waals surface area contributed by atoms with E-state index in [-0.39, 0.29) is 22.6 Å². The van der Waals surface area contributed by atoms with E-state index in [1.54, 1.807) is 13.8 Å². The van der Waals surface area contributed by atoms with Crippen LogP contribution in [0.3, 0.4) is 0 Å². The molecule has 0 aromatic heterocycles. The minimum absolute atomic E-state index is 0.112. The number of benzene rings is 2. The summed E-state index contributed by atoms with van der Waals surface area (Å²) in [5, 5.41) is 37.7. The number of carboxylic acid groups (broad SMARTS) is 2. The van der Waals surface area contributed by atoms with Crippen molar-refractivity contribution in [1.29, 1.82) is 0 Å². The van der Waals surface area contributed by atoms with Crippen molar-refractivity contribution in [2.75, 3.05) is 0 Å². The van der Waals surface area contributed by atoms with Crippen LogP contribution in [0.15, 0.2) is 36.4 Å². The fourth-order valence-corrected chi connectivity index (χ4v) is 2.65. The van der Waals surface area contributed by atoms with Gasteiger partial charge in [0.25, 0.3) is 0 Å². The Labute approximate surface area is 132 Å². The molecule has 0 spiro atoms. The van der Waals surface area contributed by atoms with Crippen molar-refractivity contribution in [2.45, 2.75) is 19.3 Å². The average Bonchev–Trinajstić information content (AvgIpc) is 2.46. The van der Waals surface area contributed by atoms with E-state index in [9.17, 15) is 30.0 Å². The van der Waals surface area contributed by atoms with Crippen LogP contribution in [-0.4, -0.2) is 32.4 Å². The summed E-state index contributed by atoms with van der Waals surface area (Å²) in [4.78, 5) is 22.9. The molecule has 0 unspecified atom stereocenters. The molecule has 0 aliphatic rings. The maximum absolute atomic E-state index is 11.5. The number of phenols is 2. The van der Waals surface area contributed by atoms with Crippen molar-refractivity contribution in [3.05, 3.63) is 58.7 Å². The van der Waals surface area contributed by atoms with Gasteiger partial charge in [0.2, 0.25) is 0 Å². The number of carbonyl (C=O) groups is 2. The molecule has 0 fully saturated rings. The lowest BCUT2D eigenvalue weighted by molar-refractivity contribution is 0.0686. The smallest absolute Gasteiger partial charge is 0.336 e.